The number of nitrogens with one attached hydrogen (secondary N) is 3. The number of hydrogen-bond acceptors (Lipinski definition) is 7. The van der Waals surface area contributed by atoms with E-state index in [4.69, 9.17) is 4.74 Å². The number of fused-ring (bicyclic) bond motifs is 1. The van der Waals surface area contributed by atoms with Crippen LogP contribution in [0.4, 0.5) is 4.79 Å². The molecule has 3 heterocycles. The molecule has 1 aromatic rings. The standard InChI is InChI=1S/C20H31N7O4/c1-13(2)24-20(30)25-15-4-16-10-26(8-14-5-21-12-22-6-14)17(19(29)27(16)9-15)7-23-18(28)11-31-3/h5-6,12-13,15-17H,4,7-11H2,1-3H3,(H,23,28)(H2,24,25,30)/t15-,16-,17-/m0/s1. The van der Waals surface area contributed by atoms with Crippen LogP contribution in [0.3, 0.4) is 0 Å². The molecular formula is C20H31N7O4. The third-order valence-electron chi connectivity index (χ3n) is 5.39. The molecule has 0 spiro atoms. The summed E-state index contributed by atoms with van der Waals surface area (Å²) in [5.41, 5.74) is 0.890. The lowest BCUT2D eigenvalue weighted by Gasteiger charge is -2.42. The molecule has 11 heteroatoms. The Kier molecular flexibility index (Phi) is 7.75. The highest BCUT2D eigenvalue weighted by molar-refractivity contribution is 5.85. The second-order valence-corrected chi connectivity index (χ2v) is 8.28. The number of carbonyl (C=O) groups excluding carboxylic acids is 3. The van der Waals surface area contributed by atoms with Crippen molar-refractivity contribution in [2.45, 2.75) is 51.0 Å². The highest BCUT2D eigenvalue weighted by Gasteiger charge is 2.45. The number of hydrogen-bond donors (Lipinski definition) is 3. The first-order valence-corrected chi connectivity index (χ1v) is 10.5. The van der Waals surface area contributed by atoms with E-state index in [0.717, 1.165) is 5.56 Å². The molecule has 0 aliphatic carbocycles. The van der Waals surface area contributed by atoms with Crippen molar-refractivity contribution in [2.24, 2.45) is 0 Å². The number of aromatic nitrogens is 2. The van der Waals surface area contributed by atoms with E-state index in [1.807, 2.05) is 23.6 Å². The molecule has 2 aliphatic rings. The molecule has 0 radical (unpaired) electrons. The number of methoxy groups -OCH3 is 1. The zero-order valence-corrected chi connectivity index (χ0v) is 18.2. The number of urea groups is 1. The topological polar surface area (TPSA) is 129 Å². The Hall–Kier alpha value is -2.79. The van der Waals surface area contributed by atoms with Crippen molar-refractivity contribution in [3.05, 3.63) is 24.3 Å². The predicted molar refractivity (Wildman–Crippen MR) is 112 cm³/mol. The molecule has 11 nitrogen and oxygen atoms in total. The molecular weight excluding hydrogens is 402 g/mol. The Morgan fingerprint density at radius 2 is 2.00 bits per heavy atom. The summed E-state index contributed by atoms with van der Waals surface area (Å²) in [4.78, 5) is 49.3. The molecule has 3 rings (SSSR count). The summed E-state index contributed by atoms with van der Waals surface area (Å²) < 4.78 is 4.86. The van der Waals surface area contributed by atoms with Crippen LogP contribution in [0.1, 0.15) is 25.8 Å². The van der Waals surface area contributed by atoms with E-state index in [9.17, 15) is 14.4 Å². The maximum atomic E-state index is 13.3. The van der Waals surface area contributed by atoms with E-state index in [1.165, 1.54) is 13.4 Å². The van der Waals surface area contributed by atoms with E-state index >= 15 is 0 Å². The van der Waals surface area contributed by atoms with Crippen molar-refractivity contribution >= 4 is 17.8 Å². The van der Waals surface area contributed by atoms with E-state index in [2.05, 4.69) is 25.9 Å². The fraction of sp³-hybridized carbons (Fsp3) is 0.650. The third-order valence-corrected chi connectivity index (χ3v) is 5.39. The van der Waals surface area contributed by atoms with Gasteiger partial charge >= 0.3 is 6.03 Å². The zero-order chi connectivity index (χ0) is 22.4. The van der Waals surface area contributed by atoms with Gasteiger partial charge in [0, 0.05) is 63.3 Å². The van der Waals surface area contributed by atoms with E-state index in [1.54, 1.807) is 12.4 Å². The summed E-state index contributed by atoms with van der Waals surface area (Å²) in [6.07, 6.45) is 5.59. The van der Waals surface area contributed by atoms with Gasteiger partial charge in [-0.25, -0.2) is 14.8 Å². The van der Waals surface area contributed by atoms with Crippen LogP contribution in [0.5, 0.6) is 0 Å². The Morgan fingerprint density at radius 3 is 2.68 bits per heavy atom. The number of rotatable bonds is 8. The van der Waals surface area contributed by atoms with Crippen LogP contribution in [-0.2, 0) is 20.9 Å². The van der Waals surface area contributed by atoms with Gasteiger partial charge in [-0.2, -0.15) is 0 Å². The Bertz CT molecular complexity index is 776. The molecule has 0 unspecified atom stereocenters. The minimum atomic E-state index is -0.513. The van der Waals surface area contributed by atoms with Gasteiger partial charge in [-0.15, -0.1) is 0 Å². The second kappa shape index (κ2) is 10.5. The van der Waals surface area contributed by atoms with Crippen LogP contribution in [-0.4, -0.2) is 95.1 Å². The van der Waals surface area contributed by atoms with Gasteiger partial charge in [-0.05, 0) is 20.3 Å². The molecule has 31 heavy (non-hydrogen) atoms. The molecule has 0 saturated carbocycles. The van der Waals surface area contributed by atoms with Crippen molar-refractivity contribution in [3.63, 3.8) is 0 Å². The largest absolute Gasteiger partial charge is 0.375 e. The molecule has 2 saturated heterocycles. The molecule has 4 amide bonds. The van der Waals surface area contributed by atoms with Gasteiger partial charge in [0.15, 0.2) is 0 Å². The monoisotopic (exact) mass is 433 g/mol. The number of nitrogens with zero attached hydrogens (tertiary/aromatic N) is 4. The first kappa shape index (κ1) is 22.9. The minimum Gasteiger partial charge on any atom is -0.375 e. The van der Waals surface area contributed by atoms with Crippen LogP contribution in [0.15, 0.2) is 18.7 Å². The fourth-order valence-electron chi connectivity index (χ4n) is 4.13. The predicted octanol–water partition coefficient (Wildman–Crippen LogP) is -0.899. The third kappa shape index (κ3) is 6.11. The van der Waals surface area contributed by atoms with E-state index < -0.39 is 6.04 Å². The average Bonchev–Trinajstić information content (AvgIpc) is 3.10. The summed E-state index contributed by atoms with van der Waals surface area (Å²) in [6.45, 7) is 5.51. The van der Waals surface area contributed by atoms with Crippen molar-refractivity contribution in [1.82, 2.24) is 35.7 Å². The Labute approximate surface area is 181 Å². The van der Waals surface area contributed by atoms with Crippen molar-refractivity contribution in [3.8, 4) is 0 Å². The summed E-state index contributed by atoms with van der Waals surface area (Å²) in [5, 5.41) is 8.57. The van der Waals surface area contributed by atoms with Crippen LogP contribution in [0.2, 0.25) is 0 Å². The molecule has 3 atom stereocenters. The van der Waals surface area contributed by atoms with Gasteiger partial charge in [-0.1, -0.05) is 0 Å². The highest BCUT2D eigenvalue weighted by Crippen LogP contribution is 2.27. The maximum Gasteiger partial charge on any atom is 0.315 e. The van der Waals surface area contributed by atoms with Crippen molar-refractivity contribution < 1.29 is 19.1 Å². The molecule has 2 fully saturated rings. The average molecular weight is 434 g/mol. The van der Waals surface area contributed by atoms with Crippen LogP contribution in [0, 0.1) is 0 Å². The number of ether oxygens (including phenoxy) is 1. The van der Waals surface area contributed by atoms with Gasteiger partial charge in [0.1, 0.15) is 19.0 Å². The fourth-order valence-corrected chi connectivity index (χ4v) is 4.13. The number of piperazine rings is 1. The van der Waals surface area contributed by atoms with Gasteiger partial charge in [0.2, 0.25) is 11.8 Å². The summed E-state index contributed by atoms with van der Waals surface area (Å²) in [6, 6.07) is -0.826. The van der Waals surface area contributed by atoms with Gasteiger partial charge < -0.3 is 25.6 Å². The first-order chi connectivity index (χ1) is 14.9. The second-order valence-electron chi connectivity index (χ2n) is 8.28. The van der Waals surface area contributed by atoms with E-state index in [0.29, 0.717) is 26.1 Å². The maximum absolute atomic E-state index is 13.3. The quantitative estimate of drug-likeness (QED) is 0.485. The van der Waals surface area contributed by atoms with Crippen LogP contribution < -0.4 is 16.0 Å². The molecule has 0 bridgehead atoms. The minimum absolute atomic E-state index is 0.00703. The molecule has 2 aliphatic heterocycles. The van der Waals surface area contributed by atoms with Gasteiger partial charge in [0.25, 0.3) is 0 Å². The van der Waals surface area contributed by atoms with Gasteiger partial charge in [-0.3, -0.25) is 14.5 Å². The summed E-state index contributed by atoms with van der Waals surface area (Å²) in [7, 11) is 1.45. The Morgan fingerprint density at radius 1 is 1.26 bits per heavy atom. The van der Waals surface area contributed by atoms with Crippen molar-refractivity contribution in [1.29, 1.82) is 0 Å². The summed E-state index contributed by atoms with van der Waals surface area (Å²) in [5.74, 6) is -0.328. The number of carbonyl (C=O) groups is 3. The van der Waals surface area contributed by atoms with Crippen LogP contribution in [0.25, 0.3) is 0 Å². The highest BCUT2D eigenvalue weighted by atomic mass is 16.5. The number of amides is 4. The van der Waals surface area contributed by atoms with Gasteiger partial charge in [0.05, 0.1) is 6.04 Å². The molecule has 3 N–H and O–H groups in total. The Balaban J connectivity index is 1.70. The molecule has 170 valence electrons. The van der Waals surface area contributed by atoms with Crippen LogP contribution >= 0.6 is 0 Å². The lowest BCUT2D eigenvalue weighted by molar-refractivity contribution is -0.144. The normalized spacial score (nSPS) is 23.5. The smallest absolute Gasteiger partial charge is 0.315 e. The molecule has 1 aromatic heterocycles. The lowest BCUT2D eigenvalue weighted by Crippen LogP contribution is -2.62. The van der Waals surface area contributed by atoms with E-state index in [-0.39, 0.29) is 49.1 Å². The SMILES string of the molecule is COCC(=O)NC[C@H]1C(=O)N2C[C@@H](NC(=O)NC(C)C)C[C@H]2CN1Cc1cncnc1. The lowest BCUT2D eigenvalue weighted by atomic mass is 10.0. The summed E-state index contributed by atoms with van der Waals surface area (Å²) >= 11 is 0. The first-order valence-electron chi connectivity index (χ1n) is 10.5. The molecule has 0 aromatic carbocycles. The zero-order valence-electron chi connectivity index (χ0n) is 18.2. The van der Waals surface area contributed by atoms with Crippen molar-refractivity contribution in [2.75, 3.05) is 33.4 Å².